The second-order valence-corrected chi connectivity index (χ2v) is 60.0. The molecule has 0 spiro atoms. The van der Waals surface area contributed by atoms with Crippen LogP contribution in [0.25, 0.3) is 34.4 Å². The average Bonchev–Trinajstić information content (AvgIpc) is 3.70. The fourth-order valence-electron chi connectivity index (χ4n) is 9.83. The van der Waals surface area contributed by atoms with Crippen LogP contribution in [-0.2, 0) is 21.0 Å². The van der Waals surface area contributed by atoms with Crippen molar-refractivity contribution in [1.82, 2.24) is 0 Å². The zero-order chi connectivity index (χ0) is 36.3. The van der Waals surface area contributed by atoms with E-state index in [-0.39, 0.29) is 12.7 Å². The Bertz CT molecular complexity index is 1990. The SMILES string of the molecule is CCC(C)c1ccc(-c2cccc3c2C=C(C)[CH]3[Zr]([Cl])([Cl])([CH]2C(C3CCCCC3)=Cc3c(-c4ccc(C(C)(C)C)cc4)cccc32)[SiH](C)C)cc1. The Labute approximate surface area is 317 Å². The van der Waals surface area contributed by atoms with Gasteiger partial charge in [0.15, 0.2) is 0 Å². The average molecular weight is 812 g/mol. The Hall–Kier alpha value is -1.96. The van der Waals surface area contributed by atoms with Gasteiger partial charge in [0.05, 0.1) is 0 Å². The van der Waals surface area contributed by atoms with E-state index in [4.69, 9.17) is 17.0 Å². The van der Waals surface area contributed by atoms with E-state index < -0.39 is 21.5 Å². The molecule has 51 heavy (non-hydrogen) atoms. The summed E-state index contributed by atoms with van der Waals surface area (Å²) in [5.74, 6) is -0.527. The van der Waals surface area contributed by atoms with Gasteiger partial charge >= 0.3 is 320 Å². The van der Waals surface area contributed by atoms with Gasteiger partial charge in [0.1, 0.15) is 0 Å². The third-order valence-corrected chi connectivity index (χ3v) is 65.1. The second kappa shape index (κ2) is 14.0. The number of halogens is 2. The van der Waals surface area contributed by atoms with E-state index in [1.165, 1.54) is 93.3 Å². The van der Waals surface area contributed by atoms with E-state index in [1.54, 1.807) is 5.57 Å². The van der Waals surface area contributed by atoms with Gasteiger partial charge in [0.2, 0.25) is 0 Å². The van der Waals surface area contributed by atoms with E-state index in [0.717, 1.165) is 6.42 Å². The van der Waals surface area contributed by atoms with Crippen LogP contribution in [-0.4, -0.2) is 5.92 Å². The molecule has 0 saturated heterocycles. The summed E-state index contributed by atoms with van der Waals surface area (Å²) in [6.45, 7) is 18.8. The summed E-state index contributed by atoms with van der Waals surface area (Å²) >= 11 is -4.86. The van der Waals surface area contributed by atoms with Crippen molar-refractivity contribution in [2.45, 2.75) is 112 Å². The summed E-state index contributed by atoms with van der Waals surface area (Å²) in [4.78, 5) is 0. The van der Waals surface area contributed by atoms with Gasteiger partial charge in [-0.3, -0.25) is 0 Å². The fourth-order valence-corrected chi connectivity index (χ4v) is 41.8. The molecule has 0 nitrogen and oxygen atoms in total. The zero-order valence-corrected chi connectivity index (χ0v) is 37.2. The van der Waals surface area contributed by atoms with Crippen molar-refractivity contribution in [1.29, 1.82) is 0 Å². The van der Waals surface area contributed by atoms with Crippen LogP contribution in [0.15, 0.2) is 96.1 Å². The maximum atomic E-state index is 8.80. The van der Waals surface area contributed by atoms with E-state index >= 15 is 0 Å². The molecule has 0 amide bonds. The predicted octanol–water partition coefficient (Wildman–Crippen LogP) is 15.0. The molecule has 4 aromatic rings. The normalized spacial score (nSPS) is 20.7. The van der Waals surface area contributed by atoms with E-state index in [2.05, 4.69) is 152 Å². The van der Waals surface area contributed by atoms with Crippen LogP contribution < -0.4 is 0 Å². The molecule has 0 aromatic heterocycles. The Kier molecular flexibility index (Phi) is 10.3. The molecule has 3 aliphatic rings. The Balaban J connectivity index is 1.39. The van der Waals surface area contributed by atoms with Gasteiger partial charge in [0.25, 0.3) is 0 Å². The van der Waals surface area contributed by atoms with Crippen molar-refractivity contribution in [3.8, 4) is 22.3 Å². The van der Waals surface area contributed by atoms with Crippen molar-refractivity contribution in [2.24, 2.45) is 5.92 Å². The standard InChI is InChI=1S/C25H29.C20H21.C2H7Si.2ClH.Zr/c1-25(2,3)22-14-12-19(13-15-22)23-11-7-10-20-16-21(17-24(20)23)18-8-5-4-6-9-18;1-4-15(3)16-8-10-17(11-9-16)19-7-5-6-18-12-14(2)13-20(18)19;1-3-2;;;/h7,10-18H,4-6,8-9H2,1-3H3;5-13,15H,4H2,1-3H3;3H,1-2H3;2*1H;/q;;;;;+2/p-2. The van der Waals surface area contributed by atoms with Gasteiger partial charge in [0, 0.05) is 0 Å². The molecule has 1 fully saturated rings. The molecule has 1 saturated carbocycles. The van der Waals surface area contributed by atoms with E-state index in [1.807, 2.05) is 0 Å². The second-order valence-electron chi connectivity index (χ2n) is 17.5. The van der Waals surface area contributed by atoms with Crippen molar-refractivity contribution >= 4 is 35.1 Å². The molecular formula is C47H57Cl2SiZr. The number of allylic oxidation sites excluding steroid dienone is 2. The monoisotopic (exact) mass is 809 g/mol. The molecule has 4 aromatic carbocycles. The predicted molar refractivity (Wildman–Crippen MR) is 225 cm³/mol. The first-order chi connectivity index (χ1) is 24.2. The summed E-state index contributed by atoms with van der Waals surface area (Å²) in [6, 6.07) is 32.6. The van der Waals surface area contributed by atoms with Gasteiger partial charge < -0.3 is 0 Å². The van der Waals surface area contributed by atoms with Gasteiger partial charge in [-0.25, -0.2) is 0 Å². The van der Waals surface area contributed by atoms with Crippen LogP contribution in [0, 0.1) is 5.92 Å². The summed E-state index contributed by atoms with van der Waals surface area (Å²) in [5.41, 5.74) is 16.5. The molecule has 3 unspecified atom stereocenters. The van der Waals surface area contributed by atoms with Crippen molar-refractivity contribution in [3.05, 3.63) is 129 Å². The molecule has 0 heterocycles. The third-order valence-electron chi connectivity index (χ3n) is 13.1. The molecule has 0 N–H and O–H groups in total. The van der Waals surface area contributed by atoms with E-state index in [0.29, 0.717) is 11.8 Å². The molecule has 3 atom stereocenters. The zero-order valence-electron chi connectivity index (χ0n) is 32.1. The Morgan fingerprint density at radius 2 is 1.25 bits per heavy atom. The molecule has 7 rings (SSSR count). The molecule has 3 aliphatic carbocycles. The van der Waals surface area contributed by atoms with Crippen LogP contribution >= 0.6 is 17.0 Å². The molecule has 0 aliphatic heterocycles. The van der Waals surface area contributed by atoms with Gasteiger partial charge in [-0.1, -0.05) is 0 Å². The first kappa shape index (κ1) is 37.4. The first-order valence-electron chi connectivity index (χ1n) is 19.7. The van der Waals surface area contributed by atoms with Gasteiger partial charge in [-0.05, 0) is 0 Å². The molecule has 0 radical (unpaired) electrons. The summed E-state index contributed by atoms with van der Waals surface area (Å²) in [7, 11) is 17.6. The van der Waals surface area contributed by atoms with Crippen molar-refractivity contribution in [2.75, 3.05) is 0 Å². The van der Waals surface area contributed by atoms with Crippen LogP contribution in [0.2, 0.25) is 13.1 Å². The number of hydrogen-bond acceptors (Lipinski definition) is 0. The minimum absolute atomic E-state index is 0.105. The van der Waals surface area contributed by atoms with Crippen LogP contribution in [0.1, 0.15) is 127 Å². The molecule has 267 valence electrons. The van der Waals surface area contributed by atoms with Gasteiger partial charge in [-0.15, -0.1) is 0 Å². The third kappa shape index (κ3) is 6.41. The van der Waals surface area contributed by atoms with Crippen LogP contribution in [0.4, 0.5) is 0 Å². The van der Waals surface area contributed by atoms with Crippen LogP contribution in [0.5, 0.6) is 0 Å². The topological polar surface area (TPSA) is 0 Å². The van der Waals surface area contributed by atoms with Gasteiger partial charge in [-0.2, -0.15) is 0 Å². The summed E-state index contributed by atoms with van der Waals surface area (Å²) < 4.78 is 0.236. The number of fused-ring (bicyclic) bond motifs is 2. The molecular weight excluding hydrogens is 755 g/mol. The Morgan fingerprint density at radius 1 is 0.725 bits per heavy atom. The maximum absolute atomic E-state index is 8.80. The number of rotatable bonds is 8. The molecule has 0 bridgehead atoms. The van der Waals surface area contributed by atoms with E-state index in [9.17, 15) is 0 Å². The summed E-state index contributed by atoms with van der Waals surface area (Å²) in [6.07, 6.45) is 12.6. The van der Waals surface area contributed by atoms with Crippen LogP contribution in [0.3, 0.4) is 0 Å². The number of hydrogen-bond donors (Lipinski definition) is 0. The van der Waals surface area contributed by atoms with Crippen molar-refractivity contribution in [3.63, 3.8) is 0 Å². The fraction of sp³-hybridized carbons (Fsp3) is 0.404. The summed E-state index contributed by atoms with van der Waals surface area (Å²) in [5, 5.41) is 0. The molecule has 4 heteroatoms. The minimum atomic E-state index is -4.86. The quantitative estimate of drug-likeness (QED) is 0.156. The number of benzene rings is 4. The van der Waals surface area contributed by atoms with Crippen molar-refractivity contribution < 1.29 is 15.6 Å². The first-order valence-corrected chi connectivity index (χ1v) is 36.0. The Morgan fingerprint density at radius 3 is 1.78 bits per heavy atom.